The van der Waals surface area contributed by atoms with Crippen molar-refractivity contribution in [3.05, 3.63) is 53.6 Å². The maximum atomic E-state index is 14.3. The quantitative estimate of drug-likeness (QED) is 0.524. The number of aliphatic hydroxyl groups is 1. The number of esters is 1. The standard InChI is InChI=1S/C27H32N2O6/c1-17-8-9-18(2)19(16-17)28-12-6-11-27-20(23(31)29(13-7-14-30)22(27)24(28)32)21-25(33)34-15-5-4-10-26(21,3)35-27/h4,6,8-11,16,20-22,30H,5,7,12-15H2,1-3H3/t20-,21-,22?,26+,27-/m0/s1. The minimum atomic E-state index is -1.32. The van der Waals surface area contributed by atoms with Gasteiger partial charge in [0, 0.05) is 25.4 Å². The second-order valence-electron chi connectivity index (χ2n) is 10.1. The molecule has 1 unspecified atom stereocenters. The van der Waals surface area contributed by atoms with Crippen LogP contribution in [0.1, 0.15) is 30.9 Å². The summed E-state index contributed by atoms with van der Waals surface area (Å²) in [5.41, 5.74) is 0.351. The molecule has 1 spiro atoms. The van der Waals surface area contributed by atoms with Crippen LogP contribution in [-0.4, -0.2) is 71.3 Å². The van der Waals surface area contributed by atoms with Crippen LogP contribution in [0.2, 0.25) is 0 Å². The van der Waals surface area contributed by atoms with Gasteiger partial charge in [-0.25, -0.2) is 0 Å². The first-order valence-corrected chi connectivity index (χ1v) is 12.3. The fraction of sp³-hybridized carbons (Fsp3) is 0.519. The lowest BCUT2D eigenvalue weighted by Gasteiger charge is -2.38. The summed E-state index contributed by atoms with van der Waals surface area (Å²) in [5.74, 6) is -2.83. The summed E-state index contributed by atoms with van der Waals surface area (Å²) in [4.78, 5) is 44.6. The molecule has 0 aromatic heterocycles. The first kappa shape index (κ1) is 23.8. The van der Waals surface area contributed by atoms with Crippen LogP contribution in [-0.2, 0) is 23.9 Å². The van der Waals surface area contributed by atoms with E-state index in [4.69, 9.17) is 9.47 Å². The first-order chi connectivity index (χ1) is 16.7. The van der Waals surface area contributed by atoms with E-state index in [2.05, 4.69) is 0 Å². The number of hydrogen-bond acceptors (Lipinski definition) is 6. The van der Waals surface area contributed by atoms with Crippen molar-refractivity contribution in [1.82, 2.24) is 4.90 Å². The molecular weight excluding hydrogens is 448 g/mol. The Kier molecular flexibility index (Phi) is 5.84. The maximum Gasteiger partial charge on any atom is 0.313 e. The van der Waals surface area contributed by atoms with E-state index in [1.807, 2.05) is 56.4 Å². The number of anilines is 1. The minimum Gasteiger partial charge on any atom is -0.465 e. The number of aryl methyl sites for hydroxylation is 2. The fourth-order valence-corrected chi connectivity index (χ4v) is 6.20. The second-order valence-corrected chi connectivity index (χ2v) is 10.1. The van der Waals surface area contributed by atoms with Gasteiger partial charge < -0.3 is 24.4 Å². The zero-order valence-corrected chi connectivity index (χ0v) is 20.4. The molecule has 0 bridgehead atoms. The monoisotopic (exact) mass is 480 g/mol. The largest absolute Gasteiger partial charge is 0.465 e. The van der Waals surface area contributed by atoms with Crippen LogP contribution in [0.15, 0.2) is 42.5 Å². The van der Waals surface area contributed by atoms with Crippen LogP contribution >= 0.6 is 0 Å². The van der Waals surface area contributed by atoms with Gasteiger partial charge in [0.25, 0.3) is 5.91 Å². The molecule has 0 saturated carbocycles. The van der Waals surface area contributed by atoms with Crippen LogP contribution in [0, 0.1) is 25.7 Å². The number of benzene rings is 1. The number of amides is 2. The van der Waals surface area contributed by atoms with Gasteiger partial charge in [-0.2, -0.15) is 0 Å². The van der Waals surface area contributed by atoms with Gasteiger partial charge in [0.2, 0.25) is 5.91 Å². The van der Waals surface area contributed by atoms with Gasteiger partial charge >= 0.3 is 5.97 Å². The highest BCUT2D eigenvalue weighted by molar-refractivity contribution is 6.06. The summed E-state index contributed by atoms with van der Waals surface area (Å²) in [5, 5.41) is 9.51. The molecule has 2 saturated heterocycles. The number of carbonyl (C=O) groups is 3. The Labute approximate surface area is 205 Å². The second kappa shape index (κ2) is 8.60. The Bertz CT molecular complexity index is 1130. The summed E-state index contributed by atoms with van der Waals surface area (Å²) >= 11 is 0. The topological polar surface area (TPSA) is 96.4 Å². The summed E-state index contributed by atoms with van der Waals surface area (Å²) in [6.45, 7) is 6.35. The molecule has 2 amide bonds. The highest BCUT2D eigenvalue weighted by Crippen LogP contribution is 2.57. The molecule has 186 valence electrons. The first-order valence-electron chi connectivity index (χ1n) is 12.3. The van der Waals surface area contributed by atoms with Crippen molar-refractivity contribution in [3.63, 3.8) is 0 Å². The van der Waals surface area contributed by atoms with Gasteiger partial charge in [-0.05, 0) is 50.8 Å². The van der Waals surface area contributed by atoms with Crippen molar-refractivity contribution < 1.29 is 29.0 Å². The lowest BCUT2D eigenvalue weighted by Crippen LogP contribution is -2.56. The normalized spacial score (nSPS) is 34.2. The number of nitrogens with zero attached hydrogens (tertiary/aromatic N) is 2. The van der Waals surface area contributed by atoms with Crippen molar-refractivity contribution >= 4 is 23.5 Å². The summed E-state index contributed by atoms with van der Waals surface area (Å²) in [7, 11) is 0. The Hall–Kier alpha value is -2.97. The van der Waals surface area contributed by atoms with Crippen molar-refractivity contribution in [3.8, 4) is 0 Å². The number of carbonyl (C=O) groups excluding carboxylic acids is 3. The van der Waals surface area contributed by atoms with Gasteiger partial charge in [-0.15, -0.1) is 0 Å². The molecule has 1 aromatic carbocycles. The SMILES string of the molecule is Cc1ccc(C)c(N2CC=C[C@]34O[C@]5(C)C=CCCOC(=O)[C@@H]5[C@H]3C(=O)N(CCCO)C4C2=O)c1. The lowest BCUT2D eigenvalue weighted by atomic mass is 9.74. The molecule has 0 radical (unpaired) electrons. The molecular formula is C27H32N2O6. The zero-order chi connectivity index (χ0) is 25.0. The number of ether oxygens (including phenoxy) is 2. The Morgan fingerprint density at radius 1 is 1.09 bits per heavy atom. The molecule has 4 aliphatic rings. The Morgan fingerprint density at radius 2 is 1.89 bits per heavy atom. The van der Waals surface area contributed by atoms with Crippen molar-refractivity contribution in [2.45, 2.75) is 50.9 Å². The van der Waals surface area contributed by atoms with E-state index in [1.165, 1.54) is 4.90 Å². The average molecular weight is 481 g/mol. The molecule has 35 heavy (non-hydrogen) atoms. The highest BCUT2D eigenvalue weighted by Gasteiger charge is 2.74. The lowest BCUT2D eigenvalue weighted by molar-refractivity contribution is -0.159. The number of cyclic esters (lactones) is 1. The van der Waals surface area contributed by atoms with Crippen LogP contribution < -0.4 is 4.90 Å². The van der Waals surface area contributed by atoms with Gasteiger partial charge in [-0.3, -0.25) is 14.4 Å². The van der Waals surface area contributed by atoms with Gasteiger partial charge in [0.05, 0.1) is 18.1 Å². The molecule has 5 atom stereocenters. The average Bonchev–Trinajstić information content (AvgIpc) is 3.13. The number of hydrogen-bond donors (Lipinski definition) is 1. The smallest absolute Gasteiger partial charge is 0.313 e. The molecule has 8 heteroatoms. The molecule has 2 fully saturated rings. The van der Waals surface area contributed by atoms with Crippen LogP contribution in [0.3, 0.4) is 0 Å². The van der Waals surface area contributed by atoms with Crippen LogP contribution in [0.5, 0.6) is 0 Å². The molecule has 1 aromatic rings. The van der Waals surface area contributed by atoms with E-state index >= 15 is 0 Å². The third-order valence-corrected chi connectivity index (χ3v) is 7.73. The Morgan fingerprint density at radius 3 is 2.66 bits per heavy atom. The predicted molar refractivity (Wildman–Crippen MR) is 129 cm³/mol. The maximum absolute atomic E-state index is 14.3. The van der Waals surface area contributed by atoms with Crippen LogP contribution in [0.25, 0.3) is 0 Å². The summed E-state index contributed by atoms with van der Waals surface area (Å²) in [6, 6.07) is 4.98. The van der Waals surface area contributed by atoms with Crippen LogP contribution in [0.4, 0.5) is 5.69 Å². The Balaban J connectivity index is 1.65. The molecule has 5 rings (SSSR count). The van der Waals surface area contributed by atoms with E-state index in [1.54, 1.807) is 11.8 Å². The number of aliphatic hydroxyl groups excluding tert-OH is 1. The molecule has 4 aliphatic heterocycles. The zero-order valence-electron chi connectivity index (χ0n) is 20.4. The third kappa shape index (κ3) is 3.53. The fourth-order valence-electron chi connectivity index (χ4n) is 6.20. The van der Waals surface area contributed by atoms with E-state index < -0.39 is 35.0 Å². The molecule has 0 aliphatic carbocycles. The molecule has 4 heterocycles. The van der Waals surface area contributed by atoms with Gasteiger partial charge in [0.15, 0.2) is 0 Å². The highest BCUT2D eigenvalue weighted by atomic mass is 16.6. The minimum absolute atomic E-state index is 0.119. The van der Waals surface area contributed by atoms with E-state index in [9.17, 15) is 19.5 Å². The molecule has 8 nitrogen and oxygen atoms in total. The van der Waals surface area contributed by atoms with Crippen molar-refractivity contribution in [2.24, 2.45) is 11.8 Å². The number of likely N-dealkylation sites (tertiary alicyclic amines) is 1. The van der Waals surface area contributed by atoms with Gasteiger partial charge in [-0.1, -0.05) is 36.4 Å². The number of fused-ring (bicyclic) bond motifs is 2. The van der Waals surface area contributed by atoms with E-state index in [0.717, 1.165) is 16.8 Å². The van der Waals surface area contributed by atoms with Crippen molar-refractivity contribution in [1.29, 1.82) is 0 Å². The van der Waals surface area contributed by atoms with E-state index in [-0.39, 0.29) is 31.6 Å². The third-order valence-electron chi connectivity index (χ3n) is 7.73. The number of rotatable bonds is 4. The molecule has 1 N–H and O–H groups in total. The summed E-state index contributed by atoms with van der Waals surface area (Å²) in [6.07, 6.45) is 8.32. The summed E-state index contributed by atoms with van der Waals surface area (Å²) < 4.78 is 12.2. The van der Waals surface area contributed by atoms with Crippen molar-refractivity contribution in [2.75, 3.05) is 31.2 Å². The predicted octanol–water partition coefficient (Wildman–Crippen LogP) is 2.06. The van der Waals surface area contributed by atoms with Gasteiger partial charge in [0.1, 0.15) is 17.6 Å². The van der Waals surface area contributed by atoms with E-state index in [0.29, 0.717) is 19.4 Å².